The number of carbonyl (C=O) groups excluding carboxylic acids is 1. The second-order valence-electron chi connectivity index (χ2n) is 5.87. The molecule has 1 saturated heterocycles. The summed E-state index contributed by atoms with van der Waals surface area (Å²) in [5.74, 6) is 2.12. The Balaban J connectivity index is 0.00000338. The maximum absolute atomic E-state index is 11.6. The summed E-state index contributed by atoms with van der Waals surface area (Å²) in [5, 5.41) is 3.37. The minimum absolute atomic E-state index is 0. The molecule has 2 rings (SSSR count). The summed E-state index contributed by atoms with van der Waals surface area (Å²) in [6.07, 6.45) is 1.56. The van der Waals surface area contributed by atoms with Crippen LogP contribution in [-0.4, -0.2) is 58.3 Å². The molecule has 1 fully saturated rings. The van der Waals surface area contributed by atoms with E-state index in [4.69, 9.17) is 14.2 Å². The second-order valence-corrected chi connectivity index (χ2v) is 5.87. The van der Waals surface area contributed by atoms with E-state index in [1.807, 2.05) is 18.2 Å². The average molecular weight is 477 g/mol. The summed E-state index contributed by atoms with van der Waals surface area (Å²) in [6, 6.07) is 5.83. The molecule has 0 saturated carbocycles. The van der Waals surface area contributed by atoms with E-state index in [1.165, 1.54) is 7.11 Å². The lowest BCUT2D eigenvalue weighted by molar-refractivity contribution is -0.146. The first-order chi connectivity index (χ1) is 12.1. The molecule has 1 aliphatic heterocycles. The lowest BCUT2D eigenvalue weighted by Crippen LogP contribution is -2.46. The Bertz CT molecular complexity index is 616. The first kappa shape index (κ1) is 22.3. The van der Waals surface area contributed by atoms with Crippen molar-refractivity contribution < 1.29 is 19.0 Å². The van der Waals surface area contributed by atoms with Gasteiger partial charge in [0.1, 0.15) is 0 Å². The van der Waals surface area contributed by atoms with Gasteiger partial charge in [0.15, 0.2) is 17.5 Å². The van der Waals surface area contributed by atoms with E-state index >= 15 is 0 Å². The van der Waals surface area contributed by atoms with Crippen LogP contribution in [0, 0.1) is 5.92 Å². The Morgan fingerprint density at radius 2 is 1.85 bits per heavy atom. The Morgan fingerprint density at radius 3 is 2.38 bits per heavy atom. The molecule has 0 spiro atoms. The van der Waals surface area contributed by atoms with Gasteiger partial charge in [0.2, 0.25) is 0 Å². The fraction of sp³-hybridized carbons (Fsp3) is 0.556. The number of hydrogen-bond acceptors (Lipinski definition) is 5. The number of hydrogen-bond donors (Lipinski definition) is 1. The number of nitrogens with zero attached hydrogens (tertiary/aromatic N) is 2. The minimum Gasteiger partial charge on any atom is -0.493 e. The maximum atomic E-state index is 11.6. The maximum Gasteiger partial charge on any atom is 0.308 e. The van der Waals surface area contributed by atoms with Crippen molar-refractivity contribution in [3.8, 4) is 11.5 Å². The van der Waals surface area contributed by atoms with Crippen LogP contribution in [-0.2, 0) is 16.1 Å². The minimum atomic E-state index is -0.118. The first-order valence-electron chi connectivity index (χ1n) is 8.37. The SMILES string of the molecule is CN=C(NCc1ccc(OC)c(OC)c1)N1CCC(C(=O)OC)CC1.I. The van der Waals surface area contributed by atoms with Crippen LogP contribution in [0.3, 0.4) is 0 Å². The van der Waals surface area contributed by atoms with Gasteiger partial charge in [0.05, 0.1) is 27.2 Å². The van der Waals surface area contributed by atoms with Crippen molar-refractivity contribution in [2.45, 2.75) is 19.4 Å². The molecule has 0 bridgehead atoms. The zero-order chi connectivity index (χ0) is 18.2. The molecule has 8 heteroatoms. The van der Waals surface area contributed by atoms with Crippen molar-refractivity contribution in [3.05, 3.63) is 23.8 Å². The average Bonchev–Trinajstić information content (AvgIpc) is 2.68. The summed E-state index contributed by atoms with van der Waals surface area (Å²) in [7, 11) is 6.46. The van der Waals surface area contributed by atoms with E-state index in [0.29, 0.717) is 18.0 Å². The number of rotatable bonds is 5. The molecule has 146 valence electrons. The highest BCUT2D eigenvalue weighted by Gasteiger charge is 2.26. The van der Waals surface area contributed by atoms with Crippen LogP contribution in [0.2, 0.25) is 0 Å². The number of halogens is 1. The molecule has 7 nitrogen and oxygen atoms in total. The van der Waals surface area contributed by atoms with Crippen LogP contribution in [0.1, 0.15) is 18.4 Å². The third-order valence-corrected chi connectivity index (χ3v) is 4.44. The van der Waals surface area contributed by atoms with Gasteiger partial charge in [0.25, 0.3) is 0 Å². The Labute approximate surface area is 172 Å². The molecule has 1 N–H and O–H groups in total. The number of piperidine rings is 1. The lowest BCUT2D eigenvalue weighted by atomic mass is 9.97. The standard InChI is InChI=1S/C18H27N3O4.HI/c1-19-18(21-9-7-14(8-10-21)17(22)25-4)20-12-13-5-6-15(23-2)16(11-13)24-3;/h5-6,11,14H,7-10,12H2,1-4H3,(H,19,20);1H. The molecule has 0 atom stereocenters. The van der Waals surface area contributed by atoms with Gasteiger partial charge in [-0.1, -0.05) is 6.07 Å². The fourth-order valence-electron chi connectivity index (χ4n) is 3.00. The van der Waals surface area contributed by atoms with Crippen LogP contribution in [0.15, 0.2) is 23.2 Å². The molecule has 1 aromatic rings. The van der Waals surface area contributed by atoms with Crippen molar-refractivity contribution >= 4 is 35.9 Å². The summed E-state index contributed by atoms with van der Waals surface area (Å²) < 4.78 is 15.4. The summed E-state index contributed by atoms with van der Waals surface area (Å²) in [4.78, 5) is 18.1. The topological polar surface area (TPSA) is 72.4 Å². The van der Waals surface area contributed by atoms with Crippen LogP contribution in [0.25, 0.3) is 0 Å². The van der Waals surface area contributed by atoms with Crippen molar-refractivity contribution in [3.63, 3.8) is 0 Å². The van der Waals surface area contributed by atoms with Gasteiger partial charge in [-0.3, -0.25) is 9.79 Å². The molecule has 0 unspecified atom stereocenters. The Hall–Kier alpha value is -1.71. The molecule has 1 aromatic carbocycles. The highest BCUT2D eigenvalue weighted by Crippen LogP contribution is 2.27. The normalized spacial score (nSPS) is 15.1. The number of guanidine groups is 1. The number of benzene rings is 1. The van der Waals surface area contributed by atoms with E-state index in [0.717, 1.165) is 37.5 Å². The van der Waals surface area contributed by atoms with Gasteiger partial charge in [0, 0.05) is 26.7 Å². The third-order valence-electron chi connectivity index (χ3n) is 4.44. The lowest BCUT2D eigenvalue weighted by Gasteiger charge is -2.33. The summed E-state index contributed by atoms with van der Waals surface area (Å²) in [6.45, 7) is 2.20. The van der Waals surface area contributed by atoms with Gasteiger partial charge in [-0.25, -0.2) is 0 Å². The molecule has 0 radical (unpaired) electrons. The Morgan fingerprint density at radius 1 is 1.19 bits per heavy atom. The molecule has 0 aromatic heterocycles. The molecule has 26 heavy (non-hydrogen) atoms. The van der Waals surface area contributed by atoms with E-state index in [-0.39, 0.29) is 35.9 Å². The zero-order valence-electron chi connectivity index (χ0n) is 15.8. The van der Waals surface area contributed by atoms with Crippen molar-refractivity contribution in [2.75, 3.05) is 41.5 Å². The highest BCUT2D eigenvalue weighted by molar-refractivity contribution is 14.0. The number of carbonyl (C=O) groups is 1. The number of aliphatic imine (C=N–C) groups is 1. The number of esters is 1. The highest BCUT2D eigenvalue weighted by atomic mass is 127. The second kappa shape index (κ2) is 11.1. The van der Waals surface area contributed by atoms with Crippen LogP contribution in [0.5, 0.6) is 11.5 Å². The summed E-state index contributed by atoms with van der Waals surface area (Å²) in [5.41, 5.74) is 1.07. The molecule has 0 aliphatic carbocycles. The molecule has 1 aliphatic rings. The number of methoxy groups -OCH3 is 3. The molecule has 1 heterocycles. The number of nitrogens with one attached hydrogen (secondary N) is 1. The van der Waals surface area contributed by atoms with Crippen molar-refractivity contribution in [2.24, 2.45) is 10.9 Å². The van der Waals surface area contributed by atoms with Gasteiger partial charge in [-0.15, -0.1) is 24.0 Å². The van der Waals surface area contributed by atoms with E-state index in [2.05, 4.69) is 15.2 Å². The van der Waals surface area contributed by atoms with Gasteiger partial charge >= 0.3 is 5.97 Å². The quantitative estimate of drug-likeness (QED) is 0.304. The first-order valence-corrected chi connectivity index (χ1v) is 8.37. The fourth-order valence-corrected chi connectivity index (χ4v) is 3.00. The largest absolute Gasteiger partial charge is 0.493 e. The van der Waals surface area contributed by atoms with Crippen molar-refractivity contribution in [1.82, 2.24) is 10.2 Å². The smallest absolute Gasteiger partial charge is 0.308 e. The third kappa shape index (κ3) is 5.65. The van der Waals surface area contributed by atoms with Crippen LogP contribution in [0.4, 0.5) is 0 Å². The number of likely N-dealkylation sites (tertiary alicyclic amines) is 1. The van der Waals surface area contributed by atoms with Crippen LogP contribution >= 0.6 is 24.0 Å². The molecule has 0 amide bonds. The van der Waals surface area contributed by atoms with Gasteiger partial charge in [-0.05, 0) is 30.5 Å². The van der Waals surface area contributed by atoms with Crippen molar-refractivity contribution in [1.29, 1.82) is 0 Å². The monoisotopic (exact) mass is 477 g/mol. The predicted octanol–water partition coefficient (Wildman–Crippen LogP) is 2.28. The number of ether oxygens (including phenoxy) is 3. The predicted molar refractivity (Wildman–Crippen MR) is 111 cm³/mol. The zero-order valence-corrected chi connectivity index (χ0v) is 18.1. The van der Waals surface area contributed by atoms with Gasteiger partial charge < -0.3 is 24.4 Å². The Kier molecular flexibility index (Phi) is 9.53. The van der Waals surface area contributed by atoms with E-state index in [1.54, 1.807) is 21.3 Å². The molecular weight excluding hydrogens is 449 g/mol. The van der Waals surface area contributed by atoms with Gasteiger partial charge in [-0.2, -0.15) is 0 Å². The van der Waals surface area contributed by atoms with E-state index in [9.17, 15) is 4.79 Å². The van der Waals surface area contributed by atoms with E-state index < -0.39 is 0 Å². The van der Waals surface area contributed by atoms with Crippen LogP contribution < -0.4 is 14.8 Å². The summed E-state index contributed by atoms with van der Waals surface area (Å²) >= 11 is 0. The molecular formula is C18H28IN3O4.